The molecule has 0 aromatic rings. The highest BCUT2D eigenvalue weighted by Gasteiger charge is 2.19. The lowest BCUT2D eigenvalue weighted by atomic mass is 10.0. The Morgan fingerprint density at radius 2 is 0.487 bits per heavy atom. The lowest BCUT2D eigenvalue weighted by molar-refractivity contribution is -0.167. The fraction of sp³-hybridized carbons (Fsp3) is 0.797. The van der Waals surface area contributed by atoms with E-state index in [0.717, 1.165) is 109 Å². The van der Waals surface area contributed by atoms with E-state index in [-0.39, 0.29) is 31.1 Å². The number of esters is 3. The van der Waals surface area contributed by atoms with E-state index in [0.29, 0.717) is 19.3 Å². The first kappa shape index (κ1) is 76.9. The second kappa shape index (κ2) is 68.3. The second-order valence-electron chi connectivity index (χ2n) is 23.4. The minimum absolute atomic E-state index is 0.0794. The number of ether oxygens (including phenoxy) is 3. The summed E-state index contributed by atoms with van der Waals surface area (Å²) in [5.74, 6) is -0.882. The molecule has 0 aliphatic heterocycles. The van der Waals surface area contributed by atoms with Gasteiger partial charge in [-0.3, -0.25) is 14.4 Å². The molecule has 0 radical (unpaired) electrons. The van der Waals surface area contributed by atoms with E-state index in [2.05, 4.69) is 93.7 Å². The zero-order valence-corrected chi connectivity index (χ0v) is 53.3. The number of unbranched alkanes of at least 4 members (excludes halogenated alkanes) is 41. The zero-order chi connectivity index (χ0) is 57.8. The smallest absolute Gasteiger partial charge is 0.306 e. The molecule has 6 nitrogen and oxygen atoms in total. The number of carbonyl (C=O) groups excluding carboxylic acids is 3. The summed E-state index contributed by atoms with van der Waals surface area (Å²) in [5.41, 5.74) is 0. The van der Waals surface area contributed by atoms with E-state index >= 15 is 0 Å². The third kappa shape index (κ3) is 65.7. The normalized spacial score (nSPS) is 12.5. The van der Waals surface area contributed by atoms with E-state index in [1.807, 2.05) is 0 Å². The number of rotatable bonds is 64. The van der Waals surface area contributed by atoms with Gasteiger partial charge in [0.25, 0.3) is 0 Å². The summed E-state index contributed by atoms with van der Waals surface area (Å²) < 4.78 is 16.9. The fourth-order valence-electron chi connectivity index (χ4n) is 10.2. The van der Waals surface area contributed by atoms with Crippen LogP contribution in [0.4, 0.5) is 0 Å². The molecule has 0 heterocycles. The van der Waals surface area contributed by atoms with Gasteiger partial charge in [0, 0.05) is 19.3 Å². The van der Waals surface area contributed by atoms with Crippen molar-refractivity contribution in [2.24, 2.45) is 0 Å². The monoisotopic (exact) mass is 1120 g/mol. The molecule has 464 valence electrons. The van der Waals surface area contributed by atoms with Crippen LogP contribution in [0.1, 0.15) is 361 Å². The van der Waals surface area contributed by atoms with Gasteiger partial charge in [-0.15, -0.1) is 0 Å². The van der Waals surface area contributed by atoms with Gasteiger partial charge in [0.05, 0.1) is 0 Å². The predicted octanol–water partition coefficient (Wildman–Crippen LogP) is 24.1. The minimum atomic E-state index is -0.784. The van der Waals surface area contributed by atoms with Gasteiger partial charge >= 0.3 is 17.9 Å². The molecule has 1 unspecified atom stereocenters. The largest absolute Gasteiger partial charge is 0.462 e. The van der Waals surface area contributed by atoms with E-state index in [4.69, 9.17) is 14.2 Å². The maximum Gasteiger partial charge on any atom is 0.306 e. The number of carbonyl (C=O) groups is 3. The van der Waals surface area contributed by atoms with Crippen LogP contribution in [-0.2, 0) is 28.6 Å². The van der Waals surface area contributed by atoms with Crippen molar-refractivity contribution in [1.29, 1.82) is 0 Å². The Bertz CT molecular complexity index is 1470. The highest BCUT2D eigenvalue weighted by atomic mass is 16.6. The van der Waals surface area contributed by atoms with Crippen molar-refractivity contribution < 1.29 is 28.6 Å². The molecule has 0 aliphatic carbocycles. The molecule has 0 aliphatic rings. The van der Waals surface area contributed by atoms with Crippen molar-refractivity contribution >= 4 is 17.9 Å². The van der Waals surface area contributed by atoms with Crippen LogP contribution in [0.5, 0.6) is 0 Å². The highest BCUT2D eigenvalue weighted by Crippen LogP contribution is 2.18. The van der Waals surface area contributed by atoms with Crippen LogP contribution < -0.4 is 0 Å². The SMILES string of the molecule is CC/C=C\C/C=C\C/C=C\C/C=C\C/C=C\CCCCCCCC(=O)OC(COC(=O)CCCCCCCCCCCC)COC(=O)CCCCCCCCCCCCCCCCCCCCC/C=C\CCCCCCCCCC. The minimum Gasteiger partial charge on any atom is -0.462 e. The van der Waals surface area contributed by atoms with Gasteiger partial charge < -0.3 is 14.2 Å². The van der Waals surface area contributed by atoms with E-state index in [9.17, 15) is 14.4 Å². The molecular weight excluding hydrogens is 985 g/mol. The zero-order valence-electron chi connectivity index (χ0n) is 53.3. The van der Waals surface area contributed by atoms with Crippen molar-refractivity contribution in [3.63, 3.8) is 0 Å². The maximum atomic E-state index is 12.9. The Morgan fingerprint density at radius 3 is 0.775 bits per heavy atom. The highest BCUT2D eigenvalue weighted by molar-refractivity contribution is 5.71. The van der Waals surface area contributed by atoms with Gasteiger partial charge in [0.1, 0.15) is 13.2 Å². The van der Waals surface area contributed by atoms with Gasteiger partial charge in [-0.1, -0.05) is 325 Å². The van der Waals surface area contributed by atoms with E-state index in [1.165, 1.54) is 212 Å². The molecule has 6 heteroatoms. The van der Waals surface area contributed by atoms with Gasteiger partial charge in [-0.05, 0) is 89.9 Å². The Balaban J connectivity index is 4.15. The van der Waals surface area contributed by atoms with Crippen LogP contribution in [0.25, 0.3) is 0 Å². The van der Waals surface area contributed by atoms with Crippen LogP contribution in [0.15, 0.2) is 72.9 Å². The summed E-state index contributed by atoms with van der Waals surface area (Å²) in [6.07, 6.45) is 89.5. The molecule has 0 fully saturated rings. The molecular formula is C74H132O6. The molecule has 0 amide bonds. The number of allylic oxidation sites excluding steroid dienone is 12. The summed E-state index contributed by atoms with van der Waals surface area (Å²) >= 11 is 0. The maximum absolute atomic E-state index is 12.9. The van der Waals surface area contributed by atoms with E-state index in [1.54, 1.807) is 0 Å². The average Bonchev–Trinajstić information content (AvgIpc) is 3.46. The molecule has 0 bridgehead atoms. The van der Waals surface area contributed by atoms with Gasteiger partial charge in [-0.2, -0.15) is 0 Å². The first-order chi connectivity index (χ1) is 39.5. The van der Waals surface area contributed by atoms with Crippen molar-refractivity contribution in [3.05, 3.63) is 72.9 Å². The molecule has 0 saturated carbocycles. The third-order valence-electron chi connectivity index (χ3n) is 15.4. The van der Waals surface area contributed by atoms with Gasteiger partial charge in [0.15, 0.2) is 6.10 Å². The fourth-order valence-corrected chi connectivity index (χ4v) is 10.2. The van der Waals surface area contributed by atoms with Crippen LogP contribution >= 0.6 is 0 Å². The second-order valence-corrected chi connectivity index (χ2v) is 23.4. The molecule has 1 atom stereocenters. The standard InChI is InChI=1S/C74H132O6/c1-4-7-10-13-16-19-22-24-26-28-30-32-33-34-35-36-37-38-39-40-41-43-44-46-48-50-52-55-58-61-64-67-73(76)79-70-71(69-78-72(75)66-63-60-57-54-21-18-15-12-9-6-3)80-74(77)68-65-62-59-56-53-51-49-47-45-42-31-29-27-25-23-20-17-14-11-8-5-2/h8,11,17,20,25,27-28,30-31,42,47,49,71H,4-7,9-10,12-16,18-19,21-24,26,29,32-41,43-46,48,50-70H2,1-3H3/b11-8-,20-17-,27-25-,30-28-,42-31-,49-47-. The molecule has 0 aromatic heterocycles. The average molecular weight is 1120 g/mol. The number of hydrogen-bond acceptors (Lipinski definition) is 6. The topological polar surface area (TPSA) is 78.9 Å². The Labute approximate surface area is 497 Å². The molecule has 0 spiro atoms. The molecule has 80 heavy (non-hydrogen) atoms. The molecule has 0 saturated heterocycles. The van der Waals surface area contributed by atoms with Crippen LogP contribution in [0.2, 0.25) is 0 Å². The van der Waals surface area contributed by atoms with Crippen LogP contribution in [0.3, 0.4) is 0 Å². The van der Waals surface area contributed by atoms with Crippen molar-refractivity contribution in [3.8, 4) is 0 Å². The van der Waals surface area contributed by atoms with Crippen LogP contribution in [-0.4, -0.2) is 37.2 Å². The summed E-state index contributed by atoms with van der Waals surface area (Å²) in [4.78, 5) is 38.3. The molecule has 0 rings (SSSR count). The van der Waals surface area contributed by atoms with E-state index < -0.39 is 6.10 Å². The first-order valence-corrected chi connectivity index (χ1v) is 34.9. The lowest BCUT2D eigenvalue weighted by Gasteiger charge is -2.18. The van der Waals surface area contributed by atoms with Crippen LogP contribution in [0, 0.1) is 0 Å². The predicted molar refractivity (Wildman–Crippen MR) is 348 cm³/mol. The summed E-state index contributed by atoms with van der Waals surface area (Å²) in [6, 6.07) is 0. The van der Waals surface area contributed by atoms with Gasteiger partial charge in [-0.25, -0.2) is 0 Å². The Kier molecular flexibility index (Phi) is 65.7. The summed E-state index contributed by atoms with van der Waals surface area (Å²) in [6.45, 7) is 6.54. The Hall–Kier alpha value is -3.15. The first-order valence-electron chi connectivity index (χ1n) is 34.9. The van der Waals surface area contributed by atoms with Crippen molar-refractivity contribution in [1.82, 2.24) is 0 Å². The summed E-state index contributed by atoms with van der Waals surface area (Å²) in [7, 11) is 0. The number of hydrogen-bond donors (Lipinski definition) is 0. The lowest BCUT2D eigenvalue weighted by Crippen LogP contribution is -2.30. The van der Waals surface area contributed by atoms with Crippen molar-refractivity contribution in [2.75, 3.05) is 13.2 Å². The quantitative estimate of drug-likeness (QED) is 0.0261. The molecule has 0 aromatic carbocycles. The molecule has 0 N–H and O–H groups in total. The summed E-state index contributed by atoms with van der Waals surface area (Å²) in [5, 5.41) is 0. The third-order valence-corrected chi connectivity index (χ3v) is 15.4. The van der Waals surface area contributed by atoms with Gasteiger partial charge in [0.2, 0.25) is 0 Å². The van der Waals surface area contributed by atoms with Crippen molar-refractivity contribution in [2.45, 2.75) is 367 Å². The Morgan fingerprint density at radius 1 is 0.263 bits per heavy atom.